The monoisotopic (exact) mass is 401 g/mol. The standard InChI is InChI=1S/C25H23NO4/c27-24(28)15-18-11-9-17(10-12-18)13-14-26-25(29)30-16-23-21-7-3-1-5-19(21)20-6-2-4-8-22(20)23/h1-12,23H,13-16H2,(H,26,29)(H,27,28). The second kappa shape index (κ2) is 8.82. The molecule has 0 bridgehead atoms. The van der Waals surface area contributed by atoms with E-state index in [1.165, 1.54) is 22.3 Å². The zero-order valence-corrected chi connectivity index (χ0v) is 16.5. The van der Waals surface area contributed by atoms with Crippen molar-refractivity contribution >= 4 is 12.1 Å². The fourth-order valence-electron chi connectivity index (χ4n) is 3.96. The maximum Gasteiger partial charge on any atom is 0.407 e. The maximum atomic E-state index is 12.2. The van der Waals surface area contributed by atoms with Crippen molar-refractivity contribution in [1.82, 2.24) is 5.32 Å². The van der Waals surface area contributed by atoms with Crippen LogP contribution in [-0.4, -0.2) is 30.3 Å². The van der Waals surface area contributed by atoms with E-state index < -0.39 is 12.1 Å². The number of carbonyl (C=O) groups excluding carboxylic acids is 1. The fraction of sp³-hybridized carbons (Fsp3) is 0.200. The van der Waals surface area contributed by atoms with Crippen molar-refractivity contribution in [3.05, 3.63) is 95.1 Å². The van der Waals surface area contributed by atoms with Gasteiger partial charge in [-0.1, -0.05) is 72.8 Å². The molecule has 1 aliphatic rings. The molecular formula is C25H23NO4. The van der Waals surface area contributed by atoms with E-state index in [1.54, 1.807) is 12.1 Å². The minimum atomic E-state index is -0.848. The third kappa shape index (κ3) is 4.35. The molecule has 0 unspecified atom stereocenters. The van der Waals surface area contributed by atoms with Crippen molar-refractivity contribution in [1.29, 1.82) is 0 Å². The first-order valence-corrected chi connectivity index (χ1v) is 10.0. The lowest BCUT2D eigenvalue weighted by molar-refractivity contribution is -0.136. The van der Waals surface area contributed by atoms with Crippen molar-refractivity contribution < 1.29 is 19.4 Å². The molecule has 0 saturated carbocycles. The summed E-state index contributed by atoms with van der Waals surface area (Å²) < 4.78 is 5.53. The maximum absolute atomic E-state index is 12.2. The molecular weight excluding hydrogens is 378 g/mol. The summed E-state index contributed by atoms with van der Waals surface area (Å²) >= 11 is 0. The molecule has 0 saturated heterocycles. The summed E-state index contributed by atoms with van der Waals surface area (Å²) in [5.41, 5.74) is 6.57. The Bertz CT molecular complexity index is 1010. The second-order valence-corrected chi connectivity index (χ2v) is 7.39. The molecule has 0 aromatic heterocycles. The third-order valence-corrected chi connectivity index (χ3v) is 5.41. The first-order valence-electron chi connectivity index (χ1n) is 10.0. The molecule has 0 aliphatic heterocycles. The van der Waals surface area contributed by atoms with Crippen LogP contribution in [0.5, 0.6) is 0 Å². The van der Waals surface area contributed by atoms with Gasteiger partial charge in [0.2, 0.25) is 0 Å². The van der Waals surface area contributed by atoms with Crippen LogP contribution in [0.4, 0.5) is 4.79 Å². The number of carboxylic acids is 1. The van der Waals surface area contributed by atoms with Gasteiger partial charge in [0.1, 0.15) is 6.61 Å². The summed E-state index contributed by atoms with van der Waals surface area (Å²) in [5, 5.41) is 11.6. The summed E-state index contributed by atoms with van der Waals surface area (Å²) in [6.45, 7) is 0.749. The molecule has 4 rings (SSSR count). The minimum absolute atomic E-state index is 0.0122. The van der Waals surface area contributed by atoms with Gasteiger partial charge in [-0.15, -0.1) is 0 Å². The van der Waals surface area contributed by atoms with Gasteiger partial charge in [-0.2, -0.15) is 0 Å². The molecule has 3 aromatic carbocycles. The van der Waals surface area contributed by atoms with Crippen LogP contribution in [0.2, 0.25) is 0 Å². The molecule has 30 heavy (non-hydrogen) atoms. The number of nitrogens with one attached hydrogen (secondary N) is 1. The van der Waals surface area contributed by atoms with E-state index in [1.807, 2.05) is 36.4 Å². The average Bonchev–Trinajstić information content (AvgIpc) is 3.07. The van der Waals surface area contributed by atoms with E-state index in [0.29, 0.717) is 19.6 Å². The van der Waals surface area contributed by atoms with Crippen LogP contribution in [0.15, 0.2) is 72.8 Å². The highest BCUT2D eigenvalue weighted by molar-refractivity contribution is 5.79. The zero-order chi connectivity index (χ0) is 20.9. The van der Waals surface area contributed by atoms with Crippen molar-refractivity contribution in [2.75, 3.05) is 13.2 Å². The first kappa shape index (κ1) is 19.7. The van der Waals surface area contributed by atoms with E-state index in [4.69, 9.17) is 9.84 Å². The van der Waals surface area contributed by atoms with Gasteiger partial charge in [-0.25, -0.2) is 4.79 Å². The highest BCUT2D eigenvalue weighted by atomic mass is 16.5. The number of hydrogen-bond donors (Lipinski definition) is 2. The normalized spacial score (nSPS) is 12.1. The molecule has 0 fully saturated rings. The molecule has 0 radical (unpaired) electrons. The van der Waals surface area contributed by atoms with Gasteiger partial charge >= 0.3 is 12.1 Å². The number of hydrogen-bond acceptors (Lipinski definition) is 3. The highest BCUT2D eigenvalue weighted by Crippen LogP contribution is 2.44. The molecule has 3 aromatic rings. The first-order chi connectivity index (χ1) is 14.6. The summed E-state index contributed by atoms with van der Waals surface area (Å²) in [5.74, 6) is -0.801. The molecule has 5 heteroatoms. The second-order valence-electron chi connectivity index (χ2n) is 7.39. The fourth-order valence-corrected chi connectivity index (χ4v) is 3.96. The number of alkyl carbamates (subject to hydrolysis) is 1. The van der Waals surface area contributed by atoms with Gasteiger partial charge in [0.15, 0.2) is 0 Å². The number of carbonyl (C=O) groups is 2. The van der Waals surface area contributed by atoms with Crippen molar-refractivity contribution in [2.24, 2.45) is 0 Å². The average molecular weight is 401 g/mol. The van der Waals surface area contributed by atoms with Gasteiger partial charge < -0.3 is 15.2 Å². The van der Waals surface area contributed by atoms with Gasteiger partial charge in [0.05, 0.1) is 6.42 Å². The Labute approximate surface area is 175 Å². The smallest absolute Gasteiger partial charge is 0.407 e. The predicted octanol–water partition coefficient (Wildman–Crippen LogP) is 4.39. The van der Waals surface area contributed by atoms with E-state index in [9.17, 15) is 9.59 Å². The van der Waals surface area contributed by atoms with Gasteiger partial charge in [0.25, 0.3) is 0 Å². The third-order valence-electron chi connectivity index (χ3n) is 5.41. The molecule has 1 aliphatic carbocycles. The van der Waals surface area contributed by atoms with Gasteiger partial charge in [0, 0.05) is 12.5 Å². The lowest BCUT2D eigenvalue weighted by Gasteiger charge is -2.14. The van der Waals surface area contributed by atoms with Crippen LogP contribution in [0.1, 0.15) is 28.2 Å². The van der Waals surface area contributed by atoms with E-state index in [-0.39, 0.29) is 12.3 Å². The van der Waals surface area contributed by atoms with E-state index >= 15 is 0 Å². The van der Waals surface area contributed by atoms with Crippen LogP contribution >= 0.6 is 0 Å². The Hall–Kier alpha value is -3.60. The molecule has 0 spiro atoms. The van der Waals surface area contributed by atoms with Crippen molar-refractivity contribution in [2.45, 2.75) is 18.8 Å². The number of rotatable bonds is 7. The molecule has 2 N–H and O–H groups in total. The predicted molar refractivity (Wildman–Crippen MR) is 115 cm³/mol. The number of benzene rings is 3. The van der Waals surface area contributed by atoms with Crippen LogP contribution in [0.25, 0.3) is 11.1 Å². The number of carboxylic acid groups (broad SMARTS) is 1. The SMILES string of the molecule is O=C(O)Cc1ccc(CCNC(=O)OCC2c3ccccc3-c3ccccc32)cc1. The van der Waals surface area contributed by atoms with Crippen LogP contribution < -0.4 is 5.32 Å². The Morgan fingerprint density at radius 3 is 2.00 bits per heavy atom. The highest BCUT2D eigenvalue weighted by Gasteiger charge is 2.28. The number of aliphatic carboxylic acids is 1. The van der Waals surface area contributed by atoms with E-state index in [0.717, 1.165) is 11.1 Å². The van der Waals surface area contributed by atoms with Gasteiger partial charge in [-0.3, -0.25) is 4.79 Å². The van der Waals surface area contributed by atoms with Crippen LogP contribution in [0, 0.1) is 0 Å². The largest absolute Gasteiger partial charge is 0.481 e. The molecule has 0 heterocycles. The Morgan fingerprint density at radius 1 is 0.833 bits per heavy atom. The molecule has 1 amide bonds. The molecule has 152 valence electrons. The molecule has 0 atom stereocenters. The lowest BCUT2D eigenvalue weighted by atomic mass is 9.98. The topological polar surface area (TPSA) is 75.6 Å². The van der Waals surface area contributed by atoms with Crippen molar-refractivity contribution in [3.8, 4) is 11.1 Å². The number of fused-ring (bicyclic) bond motifs is 3. The molecule has 5 nitrogen and oxygen atoms in total. The van der Waals surface area contributed by atoms with Crippen LogP contribution in [0.3, 0.4) is 0 Å². The number of amides is 1. The lowest BCUT2D eigenvalue weighted by Crippen LogP contribution is -2.28. The van der Waals surface area contributed by atoms with Gasteiger partial charge in [-0.05, 0) is 39.8 Å². The zero-order valence-electron chi connectivity index (χ0n) is 16.5. The van der Waals surface area contributed by atoms with Crippen molar-refractivity contribution in [3.63, 3.8) is 0 Å². The quantitative estimate of drug-likeness (QED) is 0.615. The summed E-state index contributed by atoms with van der Waals surface area (Å²) in [6.07, 6.45) is 0.231. The Morgan fingerprint density at radius 2 is 1.40 bits per heavy atom. The summed E-state index contributed by atoms with van der Waals surface area (Å²) in [6, 6.07) is 23.9. The summed E-state index contributed by atoms with van der Waals surface area (Å²) in [4.78, 5) is 22.9. The van der Waals surface area contributed by atoms with E-state index in [2.05, 4.69) is 29.6 Å². The Kier molecular flexibility index (Phi) is 5.80. The van der Waals surface area contributed by atoms with Crippen LogP contribution in [-0.2, 0) is 22.4 Å². The number of ether oxygens (including phenoxy) is 1. The summed E-state index contributed by atoms with van der Waals surface area (Å²) in [7, 11) is 0. The minimum Gasteiger partial charge on any atom is -0.481 e. The Balaban J connectivity index is 1.29.